The monoisotopic (exact) mass is 905 g/mol. The minimum Gasteiger partial charge on any atom is -0.462 e. The van der Waals surface area contributed by atoms with Crippen LogP contribution >= 0.6 is 0 Å². The largest absolute Gasteiger partial charge is 0.462 e. The van der Waals surface area contributed by atoms with E-state index in [0.29, 0.717) is 19.3 Å². The van der Waals surface area contributed by atoms with Crippen LogP contribution in [0, 0.1) is 0 Å². The normalized spacial score (nSPS) is 12.7. The number of esters is 3. The van der Waals surface area contributed by atoms with E-state index in [1.54, 1.807) is 0 Å². The molecule has 0 aromatic heterocycles. The smallest absolute Gasteiger partial charge is 0.306 e. The molecular weight excluding hydrogens is 805 g/mol. The predicted octanol–water partition coefficient (Wildman–Crippen LogP) is 18.0. The minimum absolute atomic E-state index is 0.0947. The lowest BCUT2D eigenvalue weighted by molar-refractivity contribution is -0.167. The summed E-state index contributed by atoms with van der Waals surface area (Å²) in [7, 11) is 0. The van der Waals surface area contributed by atoms with Gasteiger partial charge in [0.2, 0.25) is 0 Å². The molecule has 372 valence electrons. The van der Waals surface area contributed by atoms with Gasteiger partial charge >= 0.3 is 17.9 Å². The quantitative estimate of drug-likeness (QED) is 0.0199. The first kappa shape index (κ1) is 61.6. The van der Waals surface area contributed by atoms with Gasteiger partial charge in [-0.05, 0) is 89.9 Å². The fourth-order valence-electron chi connectivity index (χ4n) is 7.34. The van der Waals surface area contributed by atoms with E-state index in [9.17, 15) is 14.4 Å². The van der Waals surface area contributed by atoms with Gasteiger partial charge in [-0.3, -0.25) is 14.4 Å². The summed E-state index contributed by atoms with van der Waals surface area (Å²) in [6.07, 6.45) is 68.4. The van der Waals surface area contributed by atoms with Crippen molar-refractivity contribution in [3.63, 3.8) is 0 Å². The topological polar surface area (TPSA) is 78.9 Å². The Morgan fingerprint density at radius 3 is 1.00 bits per heavy atom. The van der Waals surface area contributed by atoms with Crippen molar-refractivity contribution < 1.29 is 28.6 Å². The van der Waals surface area contributed by atoms with E-state index >= 15 is 0 Å². The molecule has 1 atom stereocenters. The zero-order valence-electron chi connectivity index (χ0n) is 42.5. The van der Waals surface area contributed by atoms with Gasteiger partial charge in [0.25, 0.3) is 0 Å². The Kier molecular flexibility index (Phi) is 50.4. The molecule has 0 N–H and O–H groups in total. The van der Waals surface area contributed by atoms with E-state index in [-0.39, 0.29) is 31.1 Å². The lowest BCUT2D eigenvalue weighted by Crippen LogP contribution is -2.30. The molecule has 0 saturated carbocycles. The summed E-state index contributed by atoms with van der Waals surface area (Å²) in [6.45, 7) is 6.50. The van der Waals surface area contributed by atoms with Gasteiger partial charge in [-0.15, -0.1) is 0 Å². The van der Waals surface area contributed by atoms with Gasteiger partial charge in [-0.2, -0.15) is 0 Å². The molecule has 0 aromatic rings. The van der Waals surface area contributed by atoms with Crippen LogP contribution in [0.15, 0.2) is 85.1 Å². The second-order valence-corrected chi connectivity index (χ2v) is 17.9. The summed E-state index contributed by atoms with van der Waals surface area (Å²) in [4.78, 5) is 38.1. The van der Waals surface area contributed by atoms with Gasteiger partial charge in [0.15, 0.2) is 6.10 Å². The molecule has 6 nitrogen and oxygen atoms in total. The summed E-state index contributed by atoms with van der Waals surface area (Å²) in [5, 5.41) is 0. The van der Waals surface area contributed by atoms with E-state index in [0.717, 1.165) is 96.3 Å². The number of hydrogen-bond donors (Lipinski definition) is 0. The molecule has 0 aliphatic carbocycles. The second kappa shape index (κ2) is 53.2. The Bertz CT molecular complexity index is 1270. The summed E-state index contributed by atoms with van der Waals surface area (Å²) in [5.74, 6) is -0.937. The first-order chi connectivity index (χ1) is 32.0. The summed E-state index contributed by atoms with van der Waals surface area (Å²) >= 11 is 0. The van der Waals surface area contributed by atoms with Crippen molar-refractivity contribution >= 4 is 17.9 Å². The number of rotatable bonds is 48. The van der Waals surface area contributed by atoms with E-state index in [1.807, 2.05) is 24.3 Å². The Morgan fingerprint density at radius 2 is 0.600 bits per heavy atom. The van der Waals surface area contributed by atoms with Gasteiger partial charge in [0, 0.05) is 19.3 Å². The third-order valence-electron chi connectivity index (χ3n) is 11.5. The maximum atomic E-state index is 12.8. The number of allylic oxidation sites excluding steroid dienone is 14. The van der Waals surface area contributed by atoms with Crippen molar-refractivity contribution in [1.82, 2.24) is 0 Å². The van der Waals surface area contributed by atoms with Gasteiger partial charge in [0.1, 0.15) is 13.2 Å². The number of ether oxygens (including phenoxy) is 3. The molecule has 0 spiro atoms. The second-order valence-electron chi connectivity index (χ2n) is 17.9. The Morgan fingerprint density at radius 1 is 0.308 bits per heavy atom. The van der Waals surface area contributed by atoms with Gasteiger partial charge in [-0.1, -0.05) is 228 Å². The average Bonchev–Trinajstić information content (AvgIpc) is 3.30. The molecule has 0 aromatic carbocycles. The van der Waals surface area contributed by atoms with Crippen molar-refractivity contribution in [3.8, 4) is 0 Å². The zero-order valence-corrected chi connectivity index (χ0v) is 42.5. The fraction of sp³-hybridized carbons (Fsp3) is 0.712. The zero-order chi connectivity index (χ0) is 47.2. The first-order valence-electron chi connectivity index (χ1n) is 27.2. The van der Waals surface area contributed by atoms with Crippen LogP contribution in [0.3, 0.4) is 0 Å². The molecule has 6 heteroatoms. The molecule has 0 amide bonds. The highest BCUT2D eigenvalue weighted by atomic mass is 16.6. The summed E-state index contributed by atoms with van der Waals surface area (Å²) in [5.41, 5.74) is 0. The Hall–Kier alpha value is -3.41. The van der Waals surface area contributed by atoms with E-state index in [1.165, 1.54) is 116 Å². The van der Waals surface area contributed by atoms with Crippen LogP contribution in [0.5, 0.6) is 0 Å². The standard InChI is InChI=1S/C59H100O6/c1-4-7-10-13-16-19-22-25-28-29-30-32-34-37-40-43-46-49-52-58(61)64-55-56(54-63-57(60)51-48-45-42-39-36-33-27-24-21-18-15-12-9-6-3)65-59(62)53-50-47-44-41-38-35-31-26-23-20-17-14-11-8-5-2/h10,13,16,19-20,22-23,25,28-30,32-33,36,56H,4-9,11-12,14-15,17-18,21,24,26-27,31,34-35,37-55H2,1-3H3/b13-10-,19-16-,23-20-,25-22-,29-28-,32-30-,36-33-. The van der Waals surface area contributed by atoms with Crippen LogP contribution in [0.1, 0.15) is 252 Å². The number of carbonyl (C=O) groups excluding carboxylic acids is 3. The average molecular weight is 905 g/mol. The highest BCUT2D eigenvalue weighted by molar-refractivity contribution is 5.71. The van der Waals surface area contributed by atoms with Crippen molar-refractivity contribution in [2.24, 2.45) is 0 Å². The molecule has 0 heterocycles. The van der Waals surface area contributed by atoms with Crippen molar-refractivity contribution in [3.05, 3.63) is 85.1 Å². The van der Waals surface area contributed by atoms with Crippen LogP contribution in [0.25, 0.3) is 0 Å². The SMILES string of the molecule is CCC\C=C/C=C\C=C/C=C\C=C/CCCCCCCC(=O)OCC(COC(=O)CCCCC/C=C\CCCCCCCCC)OC(=O)CCCCCCCCC/C=C\CCCCCC. The van der Waals surface area contributed by atoms with Crippen LogP contribution in [-0.2, 0) is 28.6 Å². The van der Waals surface area contributed by atoms with Crippen LogP contribution < -0.4 is 0 Å². The van der Waals surface area contributed by atoms with Crippen LogP contribution in [-0.4, -0.2) is 37.2 Å². The fourth-order valence-corrected chi connectivity index (χ4v) is 7.34. The van der Waals surface area contributed by atoms with Crippen molar-refractivity contribution in [2.45, 2.75) is 258 Å². The highest BCUT2D eigenvalue weighted by Crippen LogP contribution is 2.14. The highest BCUT2D eigenvalue weighted by Gasteiger charge is 2.19. The third-order valence-corrected chi connectivity index (χ3v) is 11.5. The molecule has 0 fully saturated rings. The lowest BCUT2D eigenvalue weighted by Gasteiger charge is -2.18. The number of unbranched alkanes of at least 4 members (excludes halogenated alkanes) is 27. The van der Waals surface area contributed by atoms with Crippen molar-refractivity contribution in [2.75, 3.05) is 13.2 Å². The molecule has 0 bridgehead atoms. The van der Waals surface area contributed by atoms with Gasteiger partial charge in [0.05, 0.1) is 0 Å². The minimum atomic E-state index is -0.796. The van der Waals surface area contributed by atoms with Crippen LogP contribution in [0.4, 0.5) is 0 Å². The molecule has 0 aliphatic heterocycles. The predicted molar refractivity (Wildman–Crippen MR) is 279 cm³/mol. The number of carbonyl (C=O) groups is 3. The van der Waals surface area contributed by atoms with Crippen LogP contribution in [0.2, 0.25) is 0 Å². The molecule has 1 unspecified atom stereocenters. The maximum absolute atomic E-state index is 12.8. The summed E-state index contributed by atoms with van der Waals surface area (Å²) < 4.78 is 16.8. The molecular formula is C59H100O6. The Labute approximate surface area is 401 Å². The lowest BCUT2D eigenvalue weighted by atomic mass is 10.1. The Balaban J connectivity index is 4.47. The molecule has 65 heavy (non-hydrogen) atoms. The van der Waals surface area contributed by atoms with Crippen molar-refractivity contribution in [1.29, 1.82) is 0 Å². The number of hydrogen-bond acceptors (Lipinski definition) is 6. The maximum Gasteiger partial charge on any atom is 0.306 e. The van der Waals surface area contributed by atoms with E-state index in [4.69, 9.17) is 14.2 Å². The van der Waals surface area contributed by atoms with E-state index in [2.05, 4.69) is 81.5 Å². The molecule has 0 aliphatic rings. The first-order valence-corrected chi connectivity index (χ1v) is 27.2. The third kappa shape index (κ3) is 51.4. The molecule has 0 radical (unpaired) electrons. The van der Waals surface area contributed by atoms with E-state index < -0.39 is 6.10 Å². The molecule has 0 rings (SSSR count). The van der Waals surface area contributed by atoms with Gasteiger partial charge in [-0.25, -0.2) is 0 Å². The molecule has 0 saturated heterocycles. The van der Waals surface area contributed by atoms with Gasteiger partial charge < -0.3 is 14.2 Å². The summed E-state index contributed by atoms with van der Waals surface area (Å²) in [6, 6.07) is 0.